The van der Waals surface area contributed by atoms with Crippen LogP contribution in [0.5, 0.6) is 0 Å². The standard InChI is InChI=1S/C120H76N10/c1-72-18-16-23-85(46-72)87-34-40-100-98-28-12-14-30-107(98)129(113(100)64-87)117-58-84(71-126)59-118(120(117)94-53-81(68-123)49-82(54-94)69-124)130-108-31-15-13-29-99(108)101-41-35-88(65-114(101)130)86-24-17-22-77(50-86)47-78-33-32-76(5)102(55-78)92-39-45-112-106(63-92)105-62-91(97-27-11-8-21-75(97)4)38-44-111(105)128(112)116-57-83(70-125)56-115(119(116)93-51-79(66-121)48-80(52-93)67-122)127-109-42-36-89(95-25-9-6-19-73(95)2)60-103(109)104-61-90(37-43-110(104)127)96-26-10-7-20-74(96)3/h6-46,48-65H,47H2,1-5H3. The summed E-state index contributed by atoms with van der Waals surface area (Å²) in [4.78, 5) is 0. The lowest BCUT2D eigenvalue weighted by Gasteiger charge is -2.21. The number of benzene rings is 18. The average Bonchev–Trinajstić information content (AvgIpc) is 1.55. The second-order valence-corrected chi connectivity index (χ2v) is 34.2. The zero-order chi connectivity index (χ0) is 88.3. The van der Waals surface area contributed by atoms with Gasteiger partial charge in [0.05, 0.1) is 137 Å². The molecule has 0 aliphatic rings. The van der Waals surface area contributed by atoms with Gasteiger partial charge in [-0.25, -0.2) is 0 Å². The van der Waals surface area contributed by atoms with Crippen LogP contribution in [-0.4, -0.2) is 18.3 Å². The summed E-state index contributed by atoms with van der Waals surface area (Å²) in [7, 11) is 0. The molecule has 606 valence electrons. The predicted octanol–water partition coefficient (Wildman–Crippen LogP) is 29.8. The highest BCUT2D eigenvalue weighted by Crippen LogP contribution is 2.50. The fourth-order valence-electron chi connectivity index (χ4n) is 20.2. The number of nitrogens with zero attached hydrogens (tertiary/aromatic N) is 10. The lowest BCUT2D eigenvalue weighted by molar-refractivity contribution is 1.13. The Morgan fingerprint density at radius 1 is 0.192 bits per heavy atom. The van der Waals surface area contributed by atoms with Crippen molar-refractivity contribution in [3.8, 4) is 148 Å². The number of hydrogen-bond donors (Lipinski definition) is 0. The first-order chi connectivity index (χ1) is 63.7. The third-order valence-electron chi connectivity index (χ3n) is 26.3. The molecule has 0 saturated carbocycles. The van der Waals surface area contributed by atoms with Crippen molar-refractivity contribution >= 4 is 87.2 Å². The summed E-state index contributed by atoms with van der Waals surface area (Å²) in [5.74, 6) is 0. The normalized spacial score (nSPS) is 11.4. The Morgan fingerprint density at radius 3 is 0.892 bits per heavy atom. The zero-order valence-corrected chi connectivity index (χ0v) is 71.7. The van der Waals surface area contributed by atoms with E-state index in [9.17, 15) is 31.6 Å². The van der Waals surface area contributed by atoms with Crippen LogP contribution in [0.3, 0.4) is 0 Å². The molecule has 4 aromatic heterocycles. The number of nitriles is 6. The highest BCUT2D eigenvalue weighted by Gasteiger charge is 2.29. The monoisotopic (exact) mass is 1660 g/mol. The predicted molar refractivity (Wildman–Crippen MR) is 529 cm³/mol. The van der Waals surface area contributed by atoms with Gasteiger partial charge in [-0.3, -0.25) is 0 Å². The van der Waals surface area contributed by atoms with Crippen LogP contribution in [0.2, 0.25) is 0 Å². The van der Waals surface area contributed by atoms with E-state index in [0.29, 0.717) is 73.7 Å². The minimum atomic E-state index is 0.330. The highest BCUT2D eigenvalue weighted by atomic mass is 15.0. The van der Waals surface area contributed by atoms with Crippen molar-refractivity contribution in [1.82, 2.24) is 18.3 Å². The molecule has 0 aliphatic heterocycles. The van der Waals surface area contributed by atoms with Crippen molar-refractivity contribution in [2.45, 2.75) is 41.0 Å². The molecule has 10 nitrogen and oxygen atoms in total. The van der Waals surface area contributed by atoms with Gasteiger partial charge in [0.25, 0.3) is 0 Å². The number of aryl methyl sites for hydroxylation is 5. The Kier molecular flexibility index (Phi) is 18.9. The maximum Gasteiger partial charge on any atom is 0.0993 e. The minimum Gasteiger partial charge on any atom is -0.308 e. The number of fused-ring (bicyclic) bond motifs is 12. The maximum atomic E-state index is 11.6. The first kappa shape index (κ1) is 78.1. The first-order valence-electron chi connectivity index (χ1n) is 43.5. The van der Waals surface area contributed by atoms with Crippen LogP contribution in [0.25, 0.3) is 199 Å². The fourth-order valence-corrected chi connectivity index (χ4v) is 20.2. The number of rotatable bonds is 14. The maximum absolute atomic E-state index is 11.6. The Hall–Kier alpha value is -17.9. The largest absolute Gasteiger partial charge is 0.308 e. The Morgan fingerprint density at radius 2 is 0.500 bits per heavy atom. The summed E-state index contributed by atoms with van der Waals surface area (Å²) in [5.41, 5.74) is 35.8. The van der Waals surface area contributed by atoms with Gasteiger partial charge in [0, 0.05) is 54.2 Å². The van der Waals surface area contributed by atoms with Gasteiger partial charge < -0.3 is 18.3 Å². The van der Waals surface area contributed by atoms with Crippen molar-refractivity contribution in [1.29, 1.82) is 31.6 Å². The smallest absolute Gasteiger partial charge is 0.0993 e. The Bertz CT molecular complexity index is 8770. The van der Waals surface area contributed by atoms with E-state index < -0.39 is 0 Å². The molecule has 130 heavy (non-hydrogen) atoms. The molecule has 0 radical (unpaired) electrons. The minimum absolute atomic E-state index is 0.330. The van der Waals surface area contributed by atoms with E-state index in [-0.39, 0.29) is 0 Å². The van der Waals surface area contributed by atoms with Crippen molar-refractivity contribution < 1.29 is 0 Å². The van der Waals surface area contributed by atoms with E-state index >= 15 is 0 Å². The third kappa shape index (κ3) is 13.1. The first-order valence-corrected chi connectivity index (χ1v) is 43.5. The summed E-state index contributed by atoms with van der Waals surface area (Å²) in [5, 5.41) is 74.4. The molecule has 10 heteroatoms. The lowest BCUT2D eigenvalue weighted by atomic mass is 9.93. The molecule has 22 rings (SSSR count). The van der Waals surface area contributed by atoms with E-state index in [1.807, 2.05) is 60.7 Å². The SMILES string of the molecule is Cc1cccc(-c2ccc3c4ccccc4n(-c4cc(C#N)cc(-n5c6ccccc6c6ccc(-c7cccc(Cc8ccc(C)c(-c9ccc%10c(c9)c9cc(-c%11ccccc%11C)ccc9n%10-c9cc(C#N)cc(-n%10c%11ccc(-c%12ccccc%12C)cc%11c%11cc(-c%12ccccc%12C)ccc%11%10)c9-c9cc(C#N)cc(C#N)c9)c8)c7)cc65)c4-c4cc(C#N)cc(C#N)c4)c3c2)c1. The summed E-state index contributed by atoms with van der Waals surface area (Å²) in [6.07, 6.45) is 0.619. The highest BCUT2D eigenvalue weighted by molar-refractivity contribution is 6.17. The summed E-state index contributed by atoms with van der Waals surface area (Å²) >= 11 is 0. The Balaban J connectivity index is 0.693. The second-order valence-electron chi connectivity index (χ2n) is 34.2. The molecule has 0 amide bonds. The summed E-state index contributed by atoms with van der Waals surface area (Å²) < 4.78 is 9.08. The Labute approximate surface area is 751 Å². The van der Waals surface area contributed by atoms with Crippen LogP contribution in [0.4, 0.5) is 0 Å². The average molecular weight is 1660 g/mol. The molecule has 0 atom stereocenters. The number of hydrogen-bond acceptors (Lipinski definition) is 6. The van der Waals surface area contributed by atoms with Crippen molar-refractivity contribution in [2.24, 2.45) is 0 Å². The molecule has 0 bridgehead atoms. The summed E-state index contributed by atoms with van der Waals surface area (Å²) in [6, 6.07) is 140. The van der Waals surface area contributed by atoms with E-state index in [1.54, 1.807) is 12.1 Å². The molecule has 0 saturated heterocycles. The fraction of sp³-hybridized carbons (Fsp3) is 0.0500. The van der Waals surface area contributed by atoms with Gasteiger partial charge in [-0.15, -0.1) is 0 Å². The van der Waals surface area contributed by atoms with Gasteiger partial charge in [-0.1, -0.05) is 230 Å². The van der Waals surface area contributed by atoms with Crippen LogP contribution in [0, 0.1) is 103 Å². The molecular formula is C120H76N10. The van der Waals surface area contributed by atoms with Crippen LogP contribution in [-0.2, 0) is 6.42 Å². The van der Waals surface area contributed by atoms with Crippen LogP contribution in [0.15, 0.2) is 358 Å². The zero-order valence-electron chi connectivity index (χ0n) is 71.7. The van der Waals surface area contributed by atoms with Crippen molar-refractivity contribution in [3.63, 3.8) is 0 Å². The van der Waals surface area contributed by atoms with Gasteiger partial charge in [-0.2, -0.15) is 31.6 Å². The van der Waals surface area contributed by atoms with Gasteiger partial charge >= 0.3 is 0 Å². The van der Waals surface area contributed by atoms with Crippen molar-refractivity contribution in [3.05, 3.63) is 430 Å². The molecule has 4 heterocycles. The van der Waals surface area contributed by atoms with Gasteiger partial charge in [0.2, 0.25) is 0 Å². The molecular weight excluding hydrogens is 1580 g/mol. The summed E-state index contributed by atoms with van der Waals surface area (Å²) in [6.45, 7) is 10.7. The van der Waals surface area contributed by atoms with E-state index in [0.717, 1.165) is 204 Å². The molecule has 0 N–H and O–H groups in total. The van der Waals surface area contributed by atoms with Crippen LogP contribution >= 0.6 is 0 Å². The van der Waals surface area contributed by atoms with Gasteiger partial charge in [0.1, 0.15) is 0 Å². The molecule has 18 aromatic carbocycles. The topological polar surface area (TPSA) is 162 Å². The van der Waals surface area contributed by atoms with Crippen LogP contribution < -0.4 is 0 Å². The van der Waals surface area contributed by atoms with E-state index in [2.05, 4.69) is 374 Å². The molecule has 0 fully saturated rings. The number of para-hydroxylation sites is 2. The van der Waals surface area contributed by atoms with Gasteiger partial charge in [0.15, 0.2) is 0 Å². The molecule has 0 spiro atoms. The van der Waals surface area contributed by atoms with Crippen LogP contribution in [0.1, 0.15) is 72.3 Å². The van der Waals surface area contributed by atoms with Gasteiger partial charge in [-0.05, 0) is 286 Å². The van der Waals surface area contributed by atoms with E-state index in [4.69, 9.17) is 0 Å². The third-order valence-corrected chi connectivity index (χ3v) is 26.3. The number of aromatic nitrogens is 4. The molecule has 0 unspecified atom stereocenters. The quantitative estimate of drug-likeness (QED) is 0.105. The second kappa shape index (κ2) is 31.4. The lowest BCUT2D eigenvalue weighted by Crippen LogP contribution is -2.05. The van der Waals surface area contributed by atoms with E-state index in [1.165, 1.54) is 0 Å². The molecule has 22 aromatic rings. The molecule has 0 aliphatic carbocycles. The van der Waals surface area contributed by atoms with Crippen molar-refractivity contribution in [2.75, 3.05) is 0 Å².